The van der Waals surface area contributed by atoms with Crippen molar-refractivity contribution < 1.29 is 0 Å². The molecule has 0 bridgehead atoms. The Bertz CT molecular complexity index is 1420. The molecule has 0 radical (unpaired) electrons. The number of nitrogens with one attached hydrogen (secondary N) is 2. The van der Waals surface area contributed by atoms with Crippen molar-refractivity contribution in [3.63, 3.8) is 0 Å². The highest BCUT2D eigenvalue weighted by molar-refractivity contribution is 7.19. The number of hydrogen-bond donors (Lipinski definition) is 2. The summed E-state index contributed by atoms with van der Waals surface area (Å²) in [6.07, 6.45) is 8.82. The molecular formula is C30H32N6S2. The van der Waals surface area contributed by atoms with Gasteiger partial charge in [0.15, 0.2) is 0 Å². The first-order valence-corrected chi connectivity index (χ1v) is 15.1. The van der Waals surface area contributed by atoms with Gasteiger partial charge in [0.25, 0.3) is 0 Å². The SMILES string of the molecule is CN1CCC[C@@H]1c1ncc(-c2ccc(-c3ccc(-c4ccc(-c5cnc([C@H]6CCCN6C)[nH]5)s4)cc3)s2)[nH]1. The van der Waals surface area contributed by atoms with E-state index in [9.17, 15) is 0 Å². The van der Waals surface area contributed by atoms with Crippen LogP contribution in [0.3, 0.4) is 0 Å². The van der Waals surface area contributed by atoms with Crippen molar-refractivity contribution in [3.05, 3.63) is 72.6 Å². The molecule has 194 valence electrons. The Labute approximate surface area is 231 Å². The molecule has 2 aliphatic rings. The summed E-state index contributed by atoms with van der Waals surface area (Å²) in [6.45, 7) is 2.30. The molecule has 5 aromatic rings. The van der Waals surface area contributed by atoms with E-state index in [1.807, 2.05) is 35.1 Å². The van der Waals surface area contributed by atoms with Crippen LogP contribution in [-0.2, 0) is 0 Å². The fourth-order valence-corrected chi connectivity index (χ4v) is 7.80. The molecule has 1 aromatic carbocycles. The molecule has 4 aromatic heterocycles. The van der Waals surface area contributed by atoms with E-state index in [1.165, 1.54) is 56.3 Å². The van der Waals surface area contributed by atoms with Crippen LogP contribution in [0.15, 0.2) is 60.9 Å². The molecule has 8 heteroatoms. The Morgan fingerprint density at radius 3 is 1.45 bits per heavy atom. The van der Waals surface area contributed by atoms with Crippen LogP contribution in [0.4, 0.5) is 0 Å². The topological polar surface area (TPSA) is 63.8 Å². The van der Waals surface area contributed by atoms with E-state index in [0.717, 1.165) is 36.1 Å². The number of benzene rings is 1. The largest absolute Gasteiger partial charge is 0.340 e. The lowest BCUT2D eigenvalue weighted by Gasteiger charge is -2.16. The first-order chi connectivity index (χ1) is 18.6. The molecule has 2 fully saturated rings. The fourth-order valence-electron chi connectivity index (χ4n) is 5.85. The van der Waals surface area contributed by atoms with Gasteiger partial charge < -0.3 is 9.97 Å². The molecule has 0 aliphatic carbocycles. The second-order valence-corrected chi connectivity index (χ2v) is 12.7. The molecular weight excluding hydrogens is 509 g/mol. The zero-order chi connectivity index (χ0) is 25.6. The predicted octanol–water partition coefficient (Wildman–Crippen LogP) is 7.46. The first-order valence-electron chi connectivity index (χ1n) is 13.4. The second kappa shape index (κ2) is 9.93. The highest BCUT2D eigenvalue weighted by Gasteiger charge is 2.26. The number of nitrogens with zero attached hydrogens (tertiary/aromatic N) is 4. The number of aromatic nitrogens is 4. The van der Waals surface area contributed by atoms with Gasteiger partial charge in [-0.15, -0.1) is 22.7 Å². The van der Waals surface area contributed by atoms with E-state index in [2.05, 4.69) is 82.4 Å². The molecule has 38 heavy (non-hydrogen) atoms. The maximum absolute atomic E-state index is 4.70. The molecule has 0 amide bonds. The third-order valence-electron chi connectivity index (χ3n) is 8.06. The molecule has 0 spiro atoms. The van der Waals surface area contributed by atoms with Crippen molar-refractivity contribution >= 4 is 22.7 Å². The maximum atomic E-state index is 4.70. The Balaban J connectivity index is 1.06. The summed E-state index contributed by atoms with van der Waals surface area (Å²) >= 11 is 3.63. The number of thiophene rings is 2. The third kappa shape index (κ3) is 4.45. The summed E-state index contributed by atoms with van der Waals surface area (Å²) in [7, 11) is 4.37. The molecule has 6 heterocycles. The van der Waals surface area contributed by atoms with Crippen LogP contribution in [-0.4, -0.2) is 56.9 Å². The number of rotatable bonds is 6. The lowest BCUT2D eigenvalue weighted by molar-refractivity contribution is 0.307. The van der Waals surface area contributed by atoms with Crippen molar-refractivity contribution in [2.24, 2.45) is 0 Å². The molecule has 2 aliphatic heterocycles. The monoisotopic (exact) mass is 540 g/mol. The number of imidazole rings is 2. The van der Waals surface area contributed by atoms with E-state index in [4.69, 9.17) is 9.97 Å². The Morgan fingerprint density at radius 1 is 0.632 bits per heavy atom. The Hall–Kier alpha value is -3.04. The lowest BCUT2D eigenvalue weighted by Crippen LogP contribution is -2.18. The fraction of sp³-hybridized carbons (Fsp3) is 0.333. The number of likely N-dealkylation sites (tertiary alicyclic amines) is 2. The van der Waals surface area contributed by atoms with Gasteiger partial charge in [0.05, 0.1) is 45.6 Å². The summed E-state index contributed by atoms with van der Waals surface area (Å²) in [5.74, 6) is 2.18. The molecule has 7 rings (SSSR count). The van der Waals surface area contributed by atoms with E-state index in [1.54, 1.807) is 0 Å². The predicted molar refractivity (Wildman–Crippen MR) is 157 cm³/mol. The van der Waals surface area contributed by atoms with E-state index in [0.29, 0.717) is 12.1 Å². The summed E-state index contributed by atoms with van der Waals surface area (Å²) in [5.41, 5.74) is 4.72. The summed E-state index contributed by atoms with van der Waals surface area (Å²) in [4.78, 5) is 26.4. The van der Waals surface area contributed by atoms with Gasteiger partial charge in [-0.05, 0) is 88.3 Å². The average molecular weight is 541 g/mol. The number of H-pyrrole nitrogens is 2. The minimum Gasteiger partial charge on any atom is -0.340 e. The smallest absolute Gasteiger partial charge is 0.123 e. The van der Waals surface area contributed by atoms with Crippen LogP contribution < -0.4 is 0 Å². The molecule has 2 saturated heterocycles. The second-order valence-electron chi connectivity index (χ2n) is 10.5. The Morgan fingerprint density at radius 2 is 1.05 bits per heavy atom. The van der Waals surface area contributed by atoms with Gasteiger partial charge >= 0.3 is 0 Å². The molecule has 2 atom stereocenters. The first kappa shape index (κ1) is 24.0. The maximum Gasteiger partial charge on any atom is 0.123 e. The van der Waals surface area contributed by atoms with Crippen LogP contribution >= 0.6 is 22.7 Å². The zero-order valence-electron chi connectivity index (χ0n) is 21.8. The average Bonchev–Trinajstić information content (AvgIpc) is 3.75. The van der Waals surface area contributed by atoms with Crippen molar-refractivity contribution in [1.82, 2.24) is 29.7 Å². The van der Waals surface area contributed by atoms with Gasteiger partial charge in [-0.1, -0.05) is 24.3 Å². The van der Waals surface area contributed by atoms with Crippen molar-refractivity contribution in [2.45, 2.75) is 37.8 Å². The van der Waals surface area contributed by atoms with E-state index in [-0.39, 0.29) is 0 Å². The van der Waals surface area contributed by atoms with Crippen LogP contribution in [0.2, 0.25) is 0 Å². The van der Waals surface area contributed by atoms with Crippen molar-refractivity contribution in [1.29, 1.82) is 0 Å². The van der Waals surface area contributed by atoms with Gasteiger partial charge in [-0.3, -0.25) is 9.80 Å². The number of aromatic amines is 2. The zero-order valence-corrected chi connectivity index (χ0v) is 23.4. The lowest BCUT2D eigenvalue weighted by atomic mass is 10.1. The van der Waals surface area contributed by atoms with Gasteiger partial charge in [-0.2, -0.15) is 0 Å². The normalized spacial score (nSPS) is 20.6. The van der Waals surface area contributed by atoms with Crippen molar-refractivity contribution in [2.75, 3.05) is 27.2 Å². The molecule has 2 N–H and O–H groups in total. The van der Waals surface area contributed by atoms with Crippen LogP contribution in [0.25, 0.3) is 42.0 Å². The minimum atomic E-state index is 0.415. The van der Waals surface area contributed by atoms with E-state index < -0.39 is 0 Å². The minimum absolute atomic E-state index is 0.415. The Kier molecular flexibility index (Phi) is 6.28. The molecule has 6 nitrogen and oxygen atoms in total. The molecule has 0 saturated carbocycles. The van der Waals surface area contributed by atoms with Gasteiger partial charge in [0.2, 0.25) is 0 Å². The van der Waals surface area contributed by atoms with Gasteiger partial charge in [0, 0.05) is 9.75 Å². The van der Waals surface area contributed by atoms with E-state index >= 15 is 0 Å². The van der Waals surface area contributed by atoms with Crippen LogP contribution in [0, 0.1) is 0 Å². The van der Waals surface area contributed by atoms with Gasteiger partial charge in [-0.25, -0.2) is 9.97 Å². The highest BCUT2D eigenvalue weighted by atomic mass is 32.1. The summed E-state index contributed by atoms with van der Waals surface area (Å²) in [5, 5.41) is 0. The van der Waals surface area contributed by atoms with Crippen molar-refractivity contribution in [3.8, 4) is 42.0 Å². The van der Waals surface area contributed by atoms with Gasteiger partial charge in [0.1, 0.15) is 11.6 Å². The van der Waals surface area contributed by atoms with Crippen LogP contribution in [0.5, 0.6) is 0 Å². The molecule has 0 unspecified atom stereocenters. The summed E-state index contributed by atoms with van der Waals surface area (Å²) < 4.78 is 0. The quantitative estimate of drug-likeness (QED) is 0.235. The van der Waals surface area contributed by atoms with Crippen LogP contribution in [0.1, 0.15) is 49.4 Å². The number of hydrogen-bond acceptors (Lipinski definition) is 6. The highest BCUT2D eigenvalue weighted by Crippen LogP contribution is 2.39. The summed E-state index contributed by atoms with van der Waals surface area (Å²) in [6, 6.07) is 18.6. The standard InChI is InChI=1S/C30H32N6S2/c1-35-15-3-5-23(35)29-31-17-21(33-29)27-13-11-25(37-27)19-7-9-20(10-8-19)26-12-14-28(38-26)22-18-32-30(34-22)24-6-4-16-36(24)2/h7-14,17-18,23-24H,3-6,15-16H2,1-2H3,(H,31,33)(H,32,34)/t23-,24-/m1/s1. The third-order valence-corrected chi connectivity index (χ3v) is 10.4.